The molecule has 9 heteroatoms. The van der Waals surface area contributed by atoms with Crippen molar-refractivity contribution < 1.29 is 24.2 Å². The summed E-state index contributed by atoms with van der Waals surface area (Å²) in [6.45, 7) is 3.32. The zero-order valence-corrected chi connectivity index (χ0v) is 16.0. The number of allylic oxidation sites excluding steroid dienone is 1. The van der Waals surface area contributed by atoms with Crippen LogP contribution in [0.1, 0.15) is 30.6 Å². The first-order valence-corrected chi connectivity index (χ1v) is 8.24. The molecule has 0 saturated heterocycles. The van der Waals surface area contributed by atoms with Crippen molar-refractivity contribution in [2.75, 3.05) is 13.7 Å². The molecule has 0 fully saturated rings. The van der Waals surface area contributed by atoms with Crippen LogP contribution in [0.5, 0.6) is 0 Å². The summed E-state index contributed by atoms with van der Waals surface area (Å²) in [6, 6.07) is 1.32. The molecule has 0 aliphatic carbocycles. The zero-order chi connectivity index (χ0) is 19.1. The lowest BCUT2D eigenvalue weighted by molar-refractivity contribution is -0.135. The maximum Gasteiger partial charge on any atom is 0.342 e. The molecule has 6 nitrogen and oxygen atoms in total. The molecule has 0 atom stereocenters. The molecule has 0 aliphatic rings. The van der Waals surface area contributed by atoms with Crippen LogP contribution in [0.4, 0.5) is 5.69 Å². The molecule has 1 aromatic rings. The Kier molecular flexibility index (Phi) is 8.22. The van der Waals surface area contributed by atoms with E-state index in [1.807, 2.05) is 6.92 Å². The van der Waals surface area contributed by atoms with Gasteiger partial charge in [0.2, 0.25) is 0 Å². The van der Waals surface area contributed by atoms with Gasteiger partial charge >= 0.3 is 11.9 Å². The van der Waals surface area contributed by atoms with Crippen LogP contribution in [0, 0.1) is 0 Å². The highest BCUT2D eigenvalue weighted by atomic mass is 35.5. The minimum atomic E-state index is -0.789. The molecule has 1 aromatic carbocycles. The summed E-state index contributed by atoms with van der Waals surface area (Å²) in [5, 5.41) is 9.41. The van der Waals surface area contributed by atoms with Crippen LogP contribution in [0.3, 0.4) is 0 Å². The van der Waals surface area contributed by atoms with Gasteiger partial charge in [-0.15, -0.1) is 0 Å². The average Bonchev–Trinajstić information content (AvgIpc) is 2.56. The van der Waals surface area contributed by atoms with E-state index in [2.05, 4.69) is 9.73 Å². The number of halogens is 3. The fourth-order valence-corrected chi connectivity index (χ4v) is 2.42. The van der Waals surface area contributed by atoms with Crippen molar-refractivity contribution in [1.29, 1.82) is 0 Å². The van der Waals surface area contributed by atoms with Gasteiger partial charge < -0.3 is 14.6 Å². The Morgan fingerprint density at radius 2 is 1.92 bits per heavy atom. The highest BCUT2D eigenvalue weighted by Crippen LogP contribution is 2.39. The van der Waals surface area contributed by atoms with Crippen molar-refractivity contribution in [3.63, 3.8) is 0 Å². The Balaban J connectivity index is 3.36. The highest BCUT2D eigenvalue weighted by molar-refractivity contribution is 6.47. The third-order valence-corrected chi connectivity index (χ3v) is 4.08. The summed E-state index contributed by atoms with van der Waals surface area (Å²) < 4.78 is 9.57. The first-order chi connectivity index (χ1) is 11.7. The fourth-order valence-electron chi connectivity index (χ4n) is 1.67. The minimum Gasteiger partial charge on any atom is -0.512 e. The van der Waals surface area contributed by atoms with Crippen molar-refractivity contribution in [3.8, 4) is 0 Å². The molecule has 25 heavy (non-hydrogen) atoms. The topological polar surface area (TPSA) is 85.2 Å². The van der Waals surface area contributed by atoms with Gasteiger partial charge in [0.15, 0.2) is 0 Å². The van der Waals surface area contributed by atoms with Crippen LogP contribution in [0.15, 0.2) is 22.4 Å². The van der Waals surface area contributed by atoms with E-state index in [0.717, 1.165) is 13.3 Å². The summed E-state index contributed by atoms with van der Waals surface area (Å²) in [5.41, 5.74) is -0.234. The second-order valence-corrected chi connectivity index (χ2v) is 5.93. The third-order valence-electron chi connectivity index (χ3n) is 2.91. The Hall–Kier alpha value is -1.76. The quantitative estimate of drug-likeness (QED) is 0.237. The summed E-state index contributed by atoms with van der Waals surface area (Å²) in [4.78, 5) is 27.7. The number of aliphatic imine (C=N–C) groups is 1. The lowest BCUT2D eigenvalue weighted by Crippen LogP contribution is -2.09. The Morgan fingerprint density at radius 1 is 1.28 bits per heavy atom. The van der Waals surface area contributed by atoms with Gasteiger partial charge in [-0.2, -0.15) is 0 Å². The molecule has 1 rings (SSSR count). The van der Waals surface area contributed by atoms with Gasteiger partial charge in [0.25, 0.3) is 0 Å². The second kappa shape index (κ2) is 9.65. The maximum absolute atomic E-state index is 12.1. The van der Waals surface area contributed by atoms with E-state index in [1.54, 1.807) is 0 Å². The molecule has 0 heterocycles. The number of carbonyl (C=O) groups is 2. The van der Waals surface area contributed by atoms with Crippen LogP contribution >= 0.6 is 34.8 Å². The SMILES string of the molecule is CCCOC(=O)c1c(Cl)c(Cl)cc(N=CC(C(=O)OC)=C(C)O)c1Cl. The van der Waals surface area contributed by atoms with Crippen molar-refractivity contribution >= 4 is 58.6 Å². The lowest BCUT2D eigenvalue weighted by Gasteiger charge is -2.10. The number of rotatable bonds is 6. The maximum atomic E-state index is 12.1. The molecule has 0 spiro atoms. The number of aliphatic hydroxyl groups is 1. The summed E-state index contributed by atoms with van der Waals surface area (Å²) in [7, 11) is 1.16. The number of hydrogen-bond acceptors (Lipinski definition) is 6. The first-order valence-electron chi connectivity index (χ1n) is 7.11. The van der Waals surface area contributed by atoms with Crippen molar-refractivity contribution in [1.82, 2.24) is 0 Å². The Bertz CT molecular complexity index is 740. The van der Waals surface area contributed by atoms with Crippen LogP contribution in [0.2, 0.25) is 15.1 Å². The molecule has 0 aromatic heterocycles. The molecule has 0 unspecified atom stereocenters. The average molecular weight is 409 g/mol. The fraction of sp³-hybridized carbons (Fsp3) is 0.312. The summed E-state index contributed by atoms with van der Waals surface area (Å²) in [6.07, 6.45) is 1.67. The van der Waals surface area contributed by atoms with Crippen LogP contribution in [-0.2, 0) is 14.3 Å². The summed E-state index contributed by atoms with van der Waals surface area (Å²) in [5.74, 6) is -1.82. The Labute approximate surface area is 160 Å². The van der Waals surface area contributed by atoms with Crippen molar-refractivity contribution in [3.05, 3.63) is 38.0 Å². The largest absolute Gasteiger partial charge is 0.512 e. The Morgan fingerprint density at radius 3 is 2.44 bits per heavy atom. The number of esters is 2. The van der Waals surface area contributed by atoms with Gasteiger partial charge in [-0.3, -0.25) is 4.99 Å². The normalized spacial score (nSPS) is 12.1. The van der Waals surface area contributed by atoms with Gasteiger partial charge in [0, 0.05) is 6.21 Å². The monoisotopic (exact) mass is 407 g/mol. The van der Waals surface area contributed by atoms with Gasteiger partial charge in [-0.1, -0.05) is 41.7 Å². The van der Waals surface area contributed by atoms with E-state index < -0.39 is 11.9 Å². The highest BCUT2D eigenvalue weighted by Gasteiger charge is 2.22. The van der Waals surface area contributed by atoms with Crippen molar-refractivity contribution in [2.24, 2.45) is 4.99 Å². The number of benzene rings is 1. The van der Waals surface area contributed by atoms with Crippen LogP contribution in [-0.4, -0.2) is 37.0 Å². The van der Waals surface area contributed by atoms with Crippen molar-refractivity contribution in [2.45, 2.75) is 20.3 Å². The van der Waals surface area contributed by atoms with E-state index in [4.69, 9.17) is 39.5 Å². The van der Waals surface area contributed by atoms with Gasteiger partial charge in [-0.05, 0) is 19.4 Å². The molecule has 0 aliphatic heterocycles. The van der Waals surface area contributed by atoms with E-state index in [9.17, 15) is 14.7 Å². The van der Waals surface area contributed by atoms with Gasteiger partial charge in [0.05, 0.1) is 34.5 Å². The molecule has 1 N–H and O–H groups in total. The van der Waals surface area contributed by atoms with E-state index in [0.29, 0.717) is 6.42 Å². The standard InChI is InChI=1S/C16H16Cl3NO5/c1-4-5-25-16(23)12-13(18)10(17)6-11(14(12)19)20-7-9(8(2)21)15(22)24-3/h6-7,21H,4-5H2,1-3H3. The first kappa shape index (κ1) is 21.3. The number of ether oxygens (including phenoxy) is 2. The molecular weight excluding hydrogens is 393 g/mol. The number of methoxy groups -OCH3 is 1. The molecule has 0 saturated carbocycles. The summed E-state index contributed by atoms with van der Waals surface area (Å²) >= 11 is 18.2. The minimum absolute atomic E-state index is 0.0333. The zero-order valence-electron chi connectivity index (χ0n) is 13.7. The molecule has 0 radical (unpaired) electrons. The lowest BCUT2D eigenvalue weighted by atomic mass is 10.2. The van der Waals surface area contributed by atoms with E-state index in [1.165, 1.54) is 13.0 Å². The third kappa shape index (κ3) is 5.36. The number of aliphatic hydroxyl groups excluding tert-OH is 1. The predicted molar refractivity (Wildman–Crippen MR) is 97.5 cm³/mol. The molecule has 0 amide bonds. The molecule has 0 bridgehead atoms. The molecular formula is C16H16Cl3NO5. The van der Waals surface area contributed by atoms with E-state index >= 15 is 0 Å². The van der Waals surface area contributed by atoms with E-state index in [-0.39, 0.29) is 44.3 Å². The second-order valence-electron chi connectivity index (χ2n) is 4.77. The predicted octanol–water partition coefficient (Wildman–Crippen LogP) is 4.92. The smallest absolute Gasteiger partial charge is 0.342 e. The van der Waals surface area contributed by atoms with Gasteiger partial charge in [-0.25, -0.2) is 9.59 Å². The number of nitrogens with zero attached hydrogens (tertiary/aromatic N) is 1. The van der Waals surface area contributed by atoms with Gasteiger partial charge in [0.1, 0.15) is 16.9 Å². The molecule has 136 valence electrons. The van der Waals surface area contributed by atoms with Crippen LogP contribution in [0.25, 0.3) is 0 Å². The van der Waals surface area contributed by atoms with Crippen LogP contribution < -0.4 is 0 Å². The number of carbonyl (C=O) groups excluding carboxylic acids is 2. The number of hydrogen-bond donors (Lipinski definition) is 1.